The van der Waals surface area contributed by atoms with Crippen molar-refractivity contribution in [3.05, 3.63) is 65.5 Å². The maximum absolute atomic E-state index is 13.5. The van der Waals surface area contributed by atoms with E-state index in [2.05, 4.69) is 20.5 Å². The van der Waals surface area contributed by atoms with Crippen molar-refractivity contribution in [1.82, 2.24) is 20.5 Å². The number of benzene rings is 2. The minimum absolute atomic E-state index is 0.131. The zero-order chi connectivity index (χ0) is 18.4. The van der Waals surface area contributed by atoms with Crippen LogP contribution in [0.5, 0.6) is 0 Å². The predicted molar refractivity (Wildman–Crippen MR) is 100 cm³/mol. The number of aromatic nitrogens is 3. The van der Waals surface area contributed by atoms with Gasteiger partial charge in [-0.2, -0.15) is 0 Å². The van der Waals surface area contributed by atoms with Crippen LogP contribution in [0.25, 0.3) is 11.4 Å². The molecule has 0 aliphatic carbocycles. The monoisotopic (exact) mass is 370 g/mol. The fourth-order valence-corrected chi connectivity index (χ4v) is 3.00. The summed E-state index contributed by atoms with van der Waals surface area (Å²) in [5.41, 5.74) is 2.72. The molecule has 1 aromatic heterocycles. The summed E-state index contributed by atoms with van der Waals surface area (Å²) in [7, 11) is 0. The highest BCUT2D eigenvalue weighted by molar-refractivity contribution is 7.99. The van der Waals surface area contributed by atoms with Gasteiger partial charge in [0.25, 0.3) is 0 Å². The van der Waals surface area contributed by atoms with E-state index in [4.69, 9.17) is 0 Å². The molecule has 3 rings (SSSR count). The largest absolute Gasteiger partial charge is 0.355 e. The van der Waals surface area contributed by atoms with Gasteiger partial charge < -0.3 is 5.32 Å². The second kappa shape index (κ2) is 8.62. The number of thioether (sulfide) groups is 1. The molecule has 0 aliphatic rings. The minimum atomic E-state index is -0.250. The van der Waals surface area contributed by atoms with E-state index in [9.17, 15) is 9.18 Å². The number of rotatable bonds is 7. The summed E-state index contributed by atoms with van der Waals surface area (Å²) in [4.78, 5) is 16.3. The molecule has 134 valence electrons. The summed E-state index contributed by atoms with van der Waals surface area (Å²) in [6, 6.07) is 14.5. The first-order valence-corrected chi connectivity index (χ1v) is 9.23. The third-order valence-electron chi connectivity index (χ3n) is 3.80. The van der Waals surface area contributed by atoms with Crippen molar-refractivity contribution in [1.29, 1.82) is 0 Å². The lowest BCUT2D eigenvalue weighted by Gasteiger charge is -2.05. The molecule has 0 saturated carbocycles. The fraction of sp³-hybridized carbons (Fsp3) is 0.211. The van der Waals surface area contributed by atoms with Crippen molar-refractivity contribution in [2.75, 3.05) is 12.3 Å². The smallest absolute Gasteiger partial charge is 0.230 e. The maximum Gasteiger partial charge on any atom is 0.230 e. The first kappa shape index (κ1) is 18.1. The Morgan fingerprint density at radius 3 is 2.73 bits per heavy atom. The van der Waals surface area contributed by atoms with E-state index in [1.165, 1.54) is 23.4 Å². The van der Waals surface area contributed by atoms with Crippen molar-refractivity contribution < 1.29 is 9.18 Å². The number of aromatic amines is 1. The molecule has 0 saturated heterocycles. The van der Waals surface area contributed by atoms with Gasteiger partial charge in [-0.15, -0.1) is 5.10 Å². The standard InChI is InChI=1S/C19H19FN4OS/c1-13-6-8-15(9-7-13)18-22-19(24-23-18)26-12-17(25)21-11-10-14-4-2-3-5-16(14)20/h2-9H,10-12H2,1H3,(H,21,25)(H,22,23,24). The molecule has 0 spiro atoms. The van der Waals surface area contributed by atoms with Crippen LogP contribution in [0, 0.1) is 12.7 Å². The molecule has 2 N–H and O–H groups in total. The lowest BCUT2D eigenvalue weighted by molar-refractivity contribution is -0.118. The van der Waals surface area contributed by atoms with Gasteiger partial charge in [0, 0.05) is 12.1 Å². The highest BCUT2D eigenvalue weighted by atomic mass is 32.2. The number of hydrogen-bond donors (Lipinski definition) is 2. The topological polar surface area (TPSA) is 70.7 Å². The Morgan fingerprint density at radius 2 is 1.96 bits per heavy atom. The zero-order valence-electron chi connectivity index (χ0n) is 14.3. The van der Waals surface area contributed by atoms with Crippen molar-refractivity contribution >= 4 is 17.7 Å². The van der Waals surface area contributed by atoms with Crippen molar-refractivity contribution in [2.45, 2.75) is 18.5 Å². The van der Waals surface area contributed by atoms with E-state index in [-0.39, 0.29) is 17.5 Å². The Kier molecular flexibility index (Phi) is 6.01. The van der Waals surface area contributed by atoms with E-state index >= 15 is 0 Å². The van der Waals surface area contributed by atoms with Crippen LogP contribution in [0.15, 0.2) is 53.7 Å². The fourth-order valence-electron chi connectivity index (χ4n) is 2.37. The second-order valence-electron chi connectivity index (χ2n) is 5.81. The normalized spacial score (nSPS) is 10.7. The van der Waals surface area contributed by atoms with Crippen LogP contribution in [0.3, 0.4) is 0 Å². The Morgan fingerprint density at radius 1 is 1.19 bits per heavy atom. The number of halogens is 1. The van der Waals surface area contributed by atoms with E-state index in [1.54, 1.807) is 18.2 Å². The SMILES string of the molecule is Cc1ccc(-c2nc(SCC(=O)NCCc3ccccc3F)n[nH]2)cc1. The maximum atomic E-state index is 13.5. The van der Waals surface area contributed by atoms with Crippen LogP contribution in [-0.2, 0) is 11.2 Å². The molecule has 1 heterocycles. The van der Waals surface area contributed by atoms with Crippen LogP contribution in [0.1, 0.15) is 11.1 Å². The van der Waals surface area contributed by atoms with Gasteiger partial charge in [-0.1, -0.05) is 59.8 Å². The number of carbonyl (C=O) groups is 1. The molecule has 0 radical (unpaired) electrons. The van der Waals surface area contributed by atoms with Crippen molar-refractivity contribution in [2.24, 2.45) is 0 Å². The van der Waals surface area contributed by atoms with Crippen LogP contribution >= 0.6 is 11.8 Å². The number of amides is 1. The summed E-state index contributed by atoms with van der Waals surface area (Å²) < 4.78 is 13.5. The molecule has 0 fully saturated rings. The van der Waals surface area contributed by atoms with Crippen molar-refractivity contribution in [3.63, 3.8) is 0 Å². The lowest BCUT2D eigenvalue weighted by atomic mass is 10.1. The number of H-pyrrole nitrogens is 1. The van der Waals surface area contributed by atoms with Crippen LogP contribution < -0.4 is 5.32 Å². The molecule has 2 aromatic carbocycles. The summed E-state index contributed by atoms with van der Waals surface area (Å²) in [6.45, 7) is 2.42. The van der Waals surface area contributed by atoms with Crippen LogP contribution in [0.4, 0.5) is 4.39 Å². The highest BCUT2D eigenvalue weighted by Crippen LogP contribution is 2.19. The van der Waals surface area contributed by atoms with Gasteiger partial charge in [-0.3, -0.25) is 9.89 Å². The lowest BCUT2D eigenvalue weighted by Crippen LogP contribution is -2.27. The molecule has 7 heteroatoms. The number of aryl methyl sites for hydroxylation is 1. The Balaban J connectivity index is 1.45. The highest BCUT2D eigenvalue weighted by Gasteiger charge is 2.09. The summed E-state index contributed by atoms with van der Waals surface area (Å²) in [5, 5.41) is 10.3. The average Bonchev–Trinajstić information content (AvgIpc) is 3.11. The van der Waals surface area contributed by atoms with Gasteiger partial charge in [0.15, 0.2) is 5.82 Å². The van der Waals surface area contributed by atoms with Gasteiger partial charge in [0.05, 0.1) is 5.75 Å². The molecule has 0 atom stereocenters. The van der Waals surface area contributed by atoms with E-state index < -0.39 is 0 Å². The van der Waals surface area contributed by atoms with Gasteiger partial charge in [-0.25, -0.2) is 9.37 Å². The van der Waals surface area contributed by atoms with E-state index in [0.717, 1.165) is 5.56 Å². The van der Waals surface area contributed by atoms with E-state index in [1.807, 2.05) is 31.2 Å². The van der Waals surface area contributed by atoms with Gasteiger partial charge in [-0.05, 0) is 25.0 Å². The molecule has 26 heavy (non-hydrogen) atoms. The number of nitrogens with one attached hydrogen (secondary N) is 2. The Labute approximate surface area is 155 Å². The molecule has 0 bridgehead atoms. The molecule has 5 nitrogen and oxygen atoms in total. The Bertz CT molecular complexity index is 879. The van der Waals surface area contributed by atoms with E-state index in [0.29, 0.717) is 29.5 Å². The number of carbonyl (C=O) groups excluding carboxylic acids is 1. The molecule has 0 aliphatic heterocycles. The summed E-state index contributed by atoms with van der Waals surface area (Å²) in [5.74, 6) is 0.503. The van der Waals surface area contributed by atoms with Gasteiger partial charge in [0.1, 0.15) is 5.82 Å². The summed E-state index contributed by atoms with van der Waals surface area (Å²) >= 11 is 1.26. The molecular formula is C19H19FN4OS. The first-order chi connectivity index (χ1) is 12.6. The summed E-state index contributed by atoms with van der Waals surface area (Å²) in [6.07, 6.45) is 0.460. The quantitative estimate of drug-likeness (QED) is 0.626. The van der Waals surface area contributed by atoms with Gasteiger partial charge >= 0.3 is 0 Å². The third-order valence-corrected chi connectivity index (χ3v) is 4.64. The van der Waals surface area contributed by atoms with Gasteiger partial charge in [0.2, 0.25) is 11.1 Å². The Hall–Kier alpha value is -2.67. The molecule has 3 aromatic rings. The van der Waals surface area contributed by atoms with Crippen LogP contribution in [0.2, 0.25) is 0 Å². The molecular weight excluding hydrogens is 351 g/mol. The second-order valence-corrected chi connectivity index (χ2v) is 6.76. The molecule has 0 unspecified atom stereocenters. The average molecular weight is 370 g/mol. The predicted octanol–water partition coefficient (Wildman–Crippen LogP) is 3.37. The van der Waals surface area contributed by atoms with Crippen molar-refractivity contribution in [3.8, 4) is 11.4 Å². The number of hydrogen-bond acceptors (Lipinski definition) is 4. The third kappa shape index (κ3) is 4.92. The first-order valence-electron chi connectivity index (χ1n) is 8.24. The minimum Gasteiger partial charge on any atom is -0.355 e. The van der Waals surface area contributed by atoms with Crippen LogP contribution in [-0.4, -0.2) is 33.4 Å². The number of nitrogens with zero attached hydrogens (tertiary/aromatic N) is 2. The zero-order valence-corrected chi connectivity index (χ0v) is 15.1. The molecule has 1 amide bonds.